The fraction of sp³-hybridized carbons (Fsp3) is 0.111. The molecule has 1 rings (SSSR count). The van der Waals surface area contributed by atoms with Gasteiger partial charge in [-0.1, -0.05) is 0 Å². The van der Waals surface area contributed by atoms with Crippen LogP contribution < -0.4 is 5.73 Å². The minimum Gasteiger partial charge on any atom is -0.397 e. The molecule has 0 saturated heterocycles. The van der Waals surface area contributed by atoms with Crippen molar-refractivity contribution in [2.24, 2.45) is 0 Å². The molecule has 1 aromatic rings. The summed E-state index contributed by atoms with van der Waals surface area (Å²) in [4.78, 5) is 11.1. The van der Waals surface area contributed by atoms with Crippen molar-refractivity contribution in [1.82, 2.24) is 0 Å². The number of Topliss-reactive ketones (excluding diaryl/α,β-unsaturated/α-hetero) is 1. The first kappa shape index (κ1) is 9.99. The van der Waals surface area contributed by atoms with Gasteiger partial charge in [0, 0.05) is 5.56 Å². The molecule has 4 heteroatoms. The van der Waals surface area contributed by atoms with Gasteiger partial charge < -0.3 is 5.73 Å². The van der Waals surface area contributed by atoms with Crippen molar-refractivity contribution in [1.29, 1.82) is 5.26 Å². The SMILES string of the molecule is CC(=O)c1ccc(C#N)c(I)c1N. The molecule has 0 aliphatic carbocycles. The monoisotopic (exact) mass is 286 g/mol. The van der Waals surface area contributed by atoms with Crippen LogP contribution in [0.4, 0.5) is 5.69 Å². The van der Waals surface area contributed by atoms with E-state index < -0.39 is 0 Å². The number of halogens is 1. The predicted octanol–water partition coefficient (Wildman–Crippen LogP) is 1.95. The molecule has 13 heavy (non-hydrogen) atoms. The second kappa shape index (κ2) is 3.75. The molecule has 0 aliphatic rings. The summed E-state index contributed by atoms with van der Waals surface area (Å²) in [5.41, 5.74) is 7.05. The molecular weight excluding hydrogens is 279 g/mol. The standard InChI is InChI=1S/C9H7IN2O/c1-5(13)7-3-2-6(4-11)8(10)9(7)12/h2-3H,12H2,1H3. The van der Waals surface area contributed by atoms with E-state index in [2.05, 4.69) is 0 Å². The fourth-order valence-corrected chi connectivity index (χ4v) is 1.58. The zero-order valence-corrected chi connectivity index (χ0v) is 9.12. The zero-order valence-electron chi connectivity index (χ0n) is 6.97. The van der Waals surface area contributed by atoms with Crippen LogP contribution in [0.25, 0.3) is 0 Å². The summed E-state index contributed by atoms with van der Waals surface area (Å²) in [6.07, 6.45) is 0. The summed E-state index contributed by atoms with van der Waals surface area (Å²) >= 11 is 1.96. The van der Waals surface area contributed by atoms with E-state index in [1.54, 1.807) is 12.1 Å². The van der Waals surface area contributed by atoms with Crippen molar-refractivity contribution in [3.63, 3.8) is 0 Å². The molecule has 0 bridgehead atoms. The average Bonchev–Trinajstić information content (AvgIpc) is 2.09. The molecule has 0 unspecified atom stereocenters. The Hall–Kier alpha value is -1.09. The second-order valence-corrected chi connectivity index (χ2v) is 3.64. The summed E-state index contributed by atoms with van der Waals surface area (Å²) in [6, 6.07) is 5.19. The highest BCUT2D eigenvalue weighted by Crippen LogP contribution is 2.23. The zero-order chi connectivity index (χ0) is 10.0. The van der Waals surface area contributed by atoms with Gasteiger partial charge in [-0.25, -0.2) is 0 Å². The summed E-state index contributed by atoms with van der Waals surface area (Å²) in [5, 5.41) is 8.68. The maximum Gasteiger partial charge on any atom is 0.161 e. The number of hydrogen-bond donors (Lipinski definition) is 1. The van der Waals surface area contributed by atoms with Gasteiger partial charge in [-0.3, -0.25) is 4.79 Å². The summed E-state index contributed by atoms with van der Waals surface area (Å²) in [5.74, 6) is -0.0834. The van der Waals surface area contributed by atoms with Crippen LogP contribution in [0.15, 0.2) is 12.1 Å². The van der Waals surface area contributed by atoms with Crippen molar-refractivity contribution in [2.45, 2.75) is 6.92 Å². The Kier molecular flexibility index (Phi) is 2.88. The van der Waals surface area contributed by atoms with Crippen LogP contribution in [-0.2, 0) is 0 Å². The van der Waals surface area contributed by atoms with Crippen molar-refractivity contribution in [3.05, 3.63) is 26.8 Å². The predicted molar refractivity (Wildman–Crippen MR) is 58.3 cm³/mol. The number of anilines is 1. The third-order valence-electron chi connectivity index (χ3n) is 1.68. The van der Waals surface area contributed by atoms with E-state index in [1.165, 1.54) is 6.92 Å². The van der Waals surface area contributed by atoms with Crippen LogP contribution in [0, 0.1) is 14.9 Å². The van der Waals surface area contributed by atoms with Gasteiger partial charge in [-0.15, -0.1) is 0 Å². The number of nitriles is 1. The number of hydrogen-bond acceptors (Lipinski definition) is 3. The number of nitrogen functional groups attached to an aromatic ring is 1. The van der Waals surface area contributed by atoms with Gasteiger partial charge >= 0.3 is 0 Å². The smallest absolute Gasteiger partial charge is 0.161 e. The maximum atomic E-state index is 11.1. The van der Waals surface area contributed by atoms with Crippen LogP contribution in [0.3, 0.4) is 0 Å². The Morgan fingerprint density at radius 1 is 1.62 bits per heavy atom. The fourth-order valence-electron chi connectivity index (χ4n) is 0.986. The van der Waals surface area contributed by atoms with Gasteiger partial charge in [0.2, 0.25) is 0 Å². The third kappa shape index (κ3) is 1.80. The molecule has 1 aromatic carbocycles. The molecule has 66 valence electrons. The topological polar surface area (TPSA) is 66.9 Å². The molecule has 0 aliphatic heterocycles. The quantitative estimate of drug-likeness (QED) is 0.487. The minimum absolute atomic E-state index is 0.0834. The summed E-state index contributed by atoms with van der Waals surface area (Å²) in [7, 11) is 0. The Bertz CT molecular complexity index is 407. The molecular formula is C9H7IN2O. The van der Waals surface area contributed by atoms with Crippen molar-refractivity contribution >= 4 is 34.1 Å². The molecule has 0 heterocycles. The van der Waals surface area contributed by atoms with Crippen molar-refractivity contribution in [2.75, 3.05) is 5.73 Å². The molecule has 0 atom stereocenters. The summed E-state index contributed by atoms with van der Waals surface area (Å²) < 4.78 is 0.646. The van der Waals surface area contributed by atoms with E-state index in [1.807, 2.05) is 28.7 Å². The molecule has 0 aromatic heterocycles. The van der Waals surface area contributed by atoms with Gasteiger partial charge in [-0.05, 0) is 41.6 Å². The molecule has 0 spiro atoms. The lowest BCUT2D eigenvalue weighted by molar-refractivity contribution is 0.101. The highest BCUT2D eigenvalue weighted by molar-refractivity contribution is 14.1. The maximum absolute atomic E-state index is 11.1. The number of nitrogens with two attached hydrogens (primary N) is 1. The first-order chi connectivity index (χ1) is 6.07. The second-order valence-electron chi connectivity index (χ2n) is 2.56. The first-order valence-corrected chi connectivity index (χ1v) is 4.64. The van der Waals surface area contributed by atoms with E-state index in [0.717, 1.165) is 0 Å². The van der Waals surface area contributed by atoms with Crippen molar-refractivity contribution in [3.8, 4) is 6.07 Å². The summed E-state index contributed by atoms with van der Waals surface area (Å²) in [6.45, 7) is 1.45. The number of carbonyl (C=O) groups is 1. The van der Waals surface area contributed by atoms with Crippen LogP contribution in [-0.4, -0.2) is 5.78 Å². The van der Waals surface area contributed by atoms with E-state index in [-0.39, 0.29) is 5.78 Å². The minimum atomic E-state index is -0.0834. The average molecular weight is 286 g/mol. The van der Waals surface area contributed by atoms with E-state index >= 15 is 0 Å². The Morgan fingerprint density at radius 2 is 2.23 bits per heavy atom. The van der Waals surface area contributed by atoms with E-state index in [9.17, 15) is 4.79 Å². The van der Waals surface area contributed by atoms with Crippen LogP contribution in [0.1, 0.15) is 22.8 Å². The number of ketones is 1. The van der Waals surface area contributed by atoms with Crippen molar-refractivity contribution < 1.29 is 4.79 Å². The highest BCUT2D eigenvalue weighted by Gasteiger charge is 2.10. The van der Waals surface area contributed by atoms with Gasteiger partial charge in [0.15, 0.2) is 5.78 Å². The molecule has 0 saturated carbocycles. The first-order valence-electron chi connectivity index (χ1n) is 3.57. The van der Waals surface area contributed by atoms with Crippen LogP contribution in [0.5, 0.6) is 0 Å². The number of nitrogens with zero attached hydrogens (tertiary/aromatic N) is 1. The van der Waals surface area contributed by atoms with Gasteiger partial charge in [-0.2, -0.15) is 5.26 Å². The lowest BCUT2D eigenvalue weighted by Gasteiger charge is -2.04. The highest BCUT2D eigenvalue weighted by atomic mass is 127. The van der Waals surface area contributed by atoms with E-state index in [4.69, 9.17) is 11.0 Å². The molecule has 0 radical (unpaired) electrons. The Morgan fingerprint density at radius 3 is 2.69 bits per heavy atom. The lowest BCUT2D eigenvalue weighted by atomic mass is 10.1. The molecule has 0 fully saturated rings. The molecule has 3 nitrogen and oxygen atoms in total. The van der Waals surface area contributed by atoms with E-state index in [0.29, 0.717) is 20.4 Å². The Balaban J connectivity index is 3.42. The number of rotatable bonds is 1. The molecule has 0 amide bonds. The van der Waals surface area contributed by atoms with Gasteiger partial charge in [0.25, 0.3) is 0 Å². The van der Waals surface area contributed by atoms with Crippen LogP contribution >= 0.6 is 22.6 Å². The largest absolute Gasteiger partial charge is 0.397 e. The van der Waals surface area contributed by atoms with Crippen LogP contribution in [0.2, 0.25) is 0 Å². The normalized spacial score (nSPS) is 9.31. The van der Waals surface area contributed by atoms with Gasteiger partial charge in [0.1, 0.15) is 6.07 Å². The third-order valence-corrected chi connectivity index (χ3v) is 2.84. The number of benzene rings is 1. The number of carbonyl (C=O) groups excluding carboxylic acids is 1. The lowest BCUT2D eigenvalue weighted by Crippen LogP contribution is -2.03. The van der Waals surface area contributed by atoms with Gasteiger partial charge in [0.05, 0.1) is 14.8 Å². The Labute approximate surface area is 89.7 Å². The molecule has 2 N–H and O–H groups in total.